The fraction of sp³-hybridized carbons (Fsp3) is 0.640. The van der Waals surface area contributed by atoms with E-state index in [-0.39, 0.29) is 30.3 Å². The van der Waals surface area contributed by atoms with Crippen LogP contribution in [-0.4, -0.2) is 224 Å². The minimum Gasteiger partial charge on any atom is -0.463 e. The number of carbonyl (C=O) groups excluding carboxylic acids is 9. The second-order valence-corrected chi connectivity index (χ2v) is 22.3. The molecule has 3 aromatic rings. The summed E-state index contributed by atoms with van der Waals surface area (Å²) in [6.07, 6.45) is -19.7. The van der Waals surface area contributed by atoms with Gasteiger partial charge in [0.05, 0.1) is 47.4 Å². The van der Waals surface area contributed by atoms with Crippen LogP contribution in [0.5, 0.6) is 0 Å². The highest BCUT2D eigenvalue weighted by Gasteiger charge is 2.56. The maximum Gasteiger partial charge on any atom is 0.405 e. The zero-order chi connectivity index (χ0) is 62.8. The quantitative estimate of drug-likeness (QED) is 0.0188. The van der Waals surface area contributed by atoms with Gasteiger partial charge in [0.2, 0.25) is 17.7 Å². The standard InChI is InChI=1S/C50H72N10O22S3/c1-20(43(69)60-34(22(3)61)46(72)55-12-10-32-58-29(18-84-32)47-59-28(17-85-47)44(70)54-11-9-13-83-8)35(66)21(2)57-45(71)33(51)38(27-14-53-19-56-27)80-48-40(37(68)36(67)30(78-48)15-74-23(4)62)81-49-42(77-26(7)65)41(82-50(52)73)39(76-25(6)64)31(79-49)16-75-24(5)63/h14,17-22,30-31,33-42,48-49,61,66-68H,9-13,15-16,51H2,1-8H3,(H2,52,73)(H,53,56)(H,54,70)(H,55,72)(H,57,71)(H,60,69)/t20-,21+,22+,30-,31+,33-,34-,35-,36+,37-,38-,39+,40-,41-,42-,48-,49+/m0/s1. The predicted octanol–water partition coefficient (Wildman–Crippen LogP) is -2.41. The van der Waals surface area contributed by atoms with Crippen LogP contribution in [0, 0.1) is 5.92 Å². The van der Waals surface area contributed by atoms with Crippen LogP contribution in [0.25, 0.3) is 10.7 Å². The van der Waals surface area contributed by atoms with Crippen LogP contribution in [0.4, 0.5) is 4.79 Å². The first-order valence-corrected chi connectivity index (χ1v) is 29.6. The lowest BCUT2D eigenvalue weighted by Crippen LogP contribution is -2.66. The molecule has 2 aliphatic rings. The van der Waals surface area contributed by atoms with Gasteiger partial charge in [-0.05, 0) is 32.3 Å². The van der Waals surface area contributed by atoms with Crippen LogP contribution in [0.1, 0.15) is 82.2 Å². The zero-order valence-corrected chi connectivity index (χ0v) is 49.9. The molecule has 5 heterocycles. The van der Waals surface area contributed by atoms with E-state index in [0.717, 1.165) is 39.9 Å². The van der Waals surface area contributed by atoms with Gasteiger partial charge in [0.25, 0.3) is 5.91 Å². The van der Waals surface area contributed by atoms with Crippen LogP contribution >= 0.6 is 34.4 Å². The summed E-state index contributed by atoms with van der Waals surface area (Å²) < 4.78 is 50.8. The number of rotatable bonds is 30. The van der Waals surface area contributed by atoms with Gasteiger partial charge in [0.15, 0.2) is 30.9 Å². The lowest BCUT2D eigenvalue weighted by molar-refractivity contribution is -0.372. The number of esters is 4. The Bertz CT molecular complexity index is 2740. The molecule has 32 nitrogen and oxygen atoms in total. The number of amides is 5. The number of imidazole rings is 1. The average Bonchev–Trinajstić information content (AvgIpc) is 3.53. The highest BCUT2D eigenvalue weighted by Crippen LogP contribution is 2.36. The molecule has 17 atom stereocenters. The Morgan fingerprint density at radius 1 is 0.765 bits per heavy atom. The molecule has 13 N–H and O–H groups in total. The number of hydrogen-bond donors (Lipinski definition) is 11. The van der Waals surface area contributed by atoms with Gasteiger partial charge in [-0.3, -0.25) is 38.4 Å². The fourth-order valence-electron chi connectivity index (χ4n) is 8.56. The molecule has 85 heavy (non-hydrogen) atoms. The first-order valence-electron chi connectivity index (χ1n) is 26.4. The largest absolute Gasteiger partial charge is 0.463 e. The van der Waals surface area contributed by atoms with Crippen molar-refractivity contribution in [2.45, 2.75) is 159 Å². The number of primary amides is 1. The number of aromatic nitrogens is 4. The second kappa shape index (κ2) is 32.8. The number of thioether (sulfide) groups is 1. The van der Waals surface area contributed by atoms with Crippen molar-refractivity contribution in [1.29, 1.82) is 0 Å². The smallest absolute Gasteiger partial charge is 0.405 e. The number of H-pyrrole nitrogens is 1. The fourth-order valence-corrected chi connectivity index (χ4v) is 10.6. The number of nitrogens with one attached hydrogen (secondary N) is 5. The van der Waals surface area contributed by atoms with Gasteiger partial charge in [0, 0.05) is 58.0 Å². The molecule has 5 amide bonds. The number of aliphatic hydroxyl groups excluding tert-OH is 4. The Hall–Kier alpha value is -6.51. The number of aromatic amines is 1. The second-order valence-electron chi connectivity index (χ2n) is 19.5. The maximum atomic E-state index is 14.1. The Morgan fingerprint density at radius 3 is 2.04 bits per heavy atom. The zero-order valence-electron chi connectivity index (χ0n) is 47.4. The highest BCUT2D eigenvalue weighted by atomic mass is 32.2. The SMILES string of the molecule is CSCCCNC(=O)c1csc(-c2csc(CCNC(=O)[C@@H](NC(=O)[C@@H](C)[C@H](O)[C@@H](C)NC(=O)[C@@H](N)[C@@H](O[C@@H]3O[C@@H](COC(C)=O)[C@@H](O)[C@H](O)[C@@H]3O[C@H]3O[C@H](COC(C)=O)[C@@H](OC(C)=O)[C@H](OC(N)=O)[C@@H]3OC(C)=O)c3cnc[nH]3)[C@@H](C)O)n2)n1. The summed E-state index contributed by atoms with van der Waals surface area (Å²) in [6, 6.07) is -4.61. The van der Waals surface area contributed by atoms with E-state index < -0.39 is 165 Å². The van der Waals surface area contributed by atoms with E-state index in [9.17, 15) is 63.6 Å². The average molecular weight is 1260 g/mol. The summed E-state index contributed by atoms with van der Waals surface area (Å²) in [5, 5.41) is 60.2. The first kappa shape index (κ1) is 69.3. The molecule has 5 rings (SSSR count). The van der Waals surface area contributed by atoms with Crippen LogP contribution in [0.2, 0.25) is 0 Å². The van der Waals surface area contributed by atoms with Crippen molar-refractivity contribution < 1.29 is 106 Å². The van der Waals surface area contributed by atoms with E-state index in [1.165, 1.54) is 56.0 Å². The van der Waals surface area contributed by atoms with E-state index in [0.29, 0.717) is 22.3 Å². The number of thiazole rings is 2. The molecule has 2 saturated heterocycles. The molecule has 0 aromatic carbocycles. The van der Waals surface area contributed by atoms with E-state index in [4.69, 9.17) is 54.1 Å². The lowest BCUT2D eigenvalue weighted by atomic mass is 9.96. The molecule has 2 aliphatic heterocycles. The van der Waals surface area contributed by atoms with Crippen LogP contribution in [0.15, 0.2) is 23.3 Å². The van der Waals surface area contributed by atoms with Gasteiger partial charge in [0.1, 0.15) is 78.3 Å². The summed E-state index contributed by atoms with van der Waals surface area (Å²) in [6.45, 7) is 7.07. The van der Waals surface area contributed by atoms with Crippen molar-refractivity contribution in [1.82, 2.24) is 41.2 Å². The molecule has 0 aliphatic carbocycles. The monoisotopic (exact) mass is 1260 g/mol. The Kier molecular flexibility index (Phi) is 26.8. The van der Waals surface area contributed by atoms with Crippen LogP contribution in [-0.2, 0) is 82.6 Å². The Labute approximate surface area is 498 Å². The summed E-state index contributed by atoms with van der Waals surface area (Å²) >= 11 is 4.25. The molecule has 3 aromatic heterocycles. The van der Waals surface area contributed by atoms with Gasteiger partial charge in [-0.2, -0.15) is 11.8 Å². The van der Waals surface area contributed by atoms with Gasteiger partial charge >= 0.3 is 30.0 Å². The van der Waals surface area contributed by atoms with E-state index in [2.05, 4.69) is 41.2 Å². The van der Waals surface area contributed by atoms with E-state index in [1.54, 1.807) is 22.5 Å². The number of hydrogen-bond acceptors (Lipinski definition) is 29. The van der Waals surface area contributed by atoms with Gasteiger partial charge < -0.3 is 101 Å². The van der Waals surface area contributed by atoms with Crippen molar-refractivity contribution in [3.8, 4) is 10.7 Å². The number of aliphatic hydroxyl groups is 4. The first-order chi connectivity index (χ1) is 40.2. The summed E-state index contributed by atoms with van der Waals surface area (Å²) in [5.41, 5.74) is 12.8. The van der Waals surface area contributed by atoms with Crippen molar-refractivity contribution in [2.24, 2.45) is 17.4 Å². The molecule has 2 fully saturated rings. The lowest BCUT2D eigenvalue weighted by Gasteiger charge is -2.48. The van der Waals surface area contributed by atoms with Crippen LogP contribution in [0.3, 0.4) is 0 Å². The number of ether oxygens (including phenoxy) is 9. The number of nitrogens with zero attached hydrogens (tertiary/aromatic N) is 3. The maximum absolute atomic E-state index is 14.1. The molecule has 0 spiro atoms. The molecule has 0 bridgehead atoms. The topological polar surface area (TPSA) is 472 Å². The number of carbonyl (C=O) groups is 9. The molecule has 0 saturated carbocycles. The molecule has 472 valence electrons. The van der Waals surface area contributed by atoms with Crippen molar-refractivity contribution in [3.05, 3.63) is 39.7 Å². The van der Waals surface area contributed by atoms with Crippen molar-refractivity contribution in [2.75, 3.05) is 38.3 Å². The van der Waals surface area contributed by atoms with Crippen molar-refractivity contribution >= 4 is 88.0 Å². The summed E-state index contributed by atoms with van der Waals surface area (Å²) in [7, 11) is 0. The minimum absolute atomic E-state index is 0.0294. The third kappa shape index (κ3) is 20.0. The highest BCUT2D eigenvalue weighted by molar-refractivity contribution is 7.98. The predicted molar refractivity (Wildman–Crippen MR) is 295 cm³/mol. The third-order valence-electron chi connectivity index (χ3n) is 12.8. The number of nitrogens with two attached hydrogens (primary N) is 2. The van der Waals surface area contributed by atoms with E-state index in [1.807, 2.05) is 6.26 Å². The Morgan fingerprint density at radius 2 is 1.42 bits per heavy atom. The summed E-state index contributed by atoms with van der Waals surface area (Å²) in [4.78, 5) is 130. The normalized spacial score (nSPS) is 24.6. The van der Waals surface area contributed by atoms with Crippen LogP contribution < -0.4 is 32.7 Å². The third-order valence-corrected chi connectivity index (χ3v) is 15.3. The minimum atomic E-state index is -2.13. The molecule has 0 unspecified atom stereocenters. The van der Waals surface area contributed by atoms with Crippen molar-refractivity contribution in [3.63, 3.8) is 0 Å². The Balaban J connectivity index is 1.29. The molecule has 0 radical (unpaired) electrons. The van der Waals surface area contributed by atoms with Gasteiger partial charge in [-0.15, -0.1) is 22.7 Å². The summed E-state index contributed by atoms with van der Waals surface area (Å²) in [5.74, 6) is -7.11. The van der Waals surface area contributed by atoms with E-state index >= 15 is 0 Å². The molecular weight excluding hydrogens is 1190 g/mol. The van der Waals surface area contributed by atoms with Gasteiger partial charge in [-0.25, -0.2) is 19.7 Å². The molecule has 35 heteroatoms. The molecular formula is C50H72N10O22S3. The van der Waals surface area contributed by atoms with Gasteiger partial charge in [-0.1, -0.05) is 6.92 Å².